The molecule has 1 heterocycles. The highest BCUT2D eigenvalue weighted by atomic mass is 35.5. The van der Waals surface area contributed by atoms with E-state index in [1.54, 1.807) is 0 Å². The summed E-state index contributed by atoms with van der Waals surface area (Å²) in [5.41, 5.74) is 1.29. The fourth-order valence-corrected chi connectivity index (χ4v) is 3.44. The average Bonchev–Trinajstić information content (AvgIpc) is 2.68. The van der Waals surface area contributed by atoms with Crippen molar-refractivity contribution in [2.24, 2.45) is 0 Å². The molecule has 2 N–H and O–H groups in total. The van der Waals surface area contributed by atoms with Crippen LogP contribution in [-0.2, 0) is 4.79 Å². The molecule has 0 radical (unpaired) electrons. The van der Waals surface area contributed by atoms with Crippen LogP contribution in [-0.4, -0.2) is 50.7 Å². The average molecular weight is 406 g/mol. The van der Waals surface area contributed by atoms with Gasteiger partial charge in [0.05, 0.1) is 43.9 Å². The number of piperazine rings is 1. The Morgan fingerprint density at radius 1 is 1.29 bits per heavy atom. The Kier molecular flexibility index (Phi) is 6.33. The van der Waals surface area contributed by atoms with Gasteiger partial charge in [-0.15, -0.1) is 0 Å². The van der Waals surface area contributed by atoms with Crippen molar-refractivity contribution in [3.63, 3.8) is 0 Å². The van der Waals surface area contributed by atoms with Gasteiger partial charge in [-0.2, -0.15) is 0 Å². The van der Waals surface area contributed by atoms with Crippen molar-refractivity contribution < 1.29 is 19.4 Å². The first-order chi connectivity index (χ1) is 13.5. The summed E-state index contributed by atoms with van der Waals surface area (Å²) in [5, 5.41) is 14.4. The van der Waals surface area contributed by atoms with E-state index in [0.717, 1.165) is 36.8 Å². The fraction of sp³-hybridized carbons (Fsp3) is 0.316. The second kappa shape index (κ2) is 8.90. The lowest BCUT2D eigenvalue weighted by atomic mass is 10.2. The number of nitro groups is 1. The number of nitro benzene ring substituents is 1. The third-order valence-corrected chi connectivity index (χ3v) is 4.96. The summed E-state index contributed by atoms with van der Waals surface area (Å²) in [6, 6.07) is 11.9. The fourth-order valence-electron chi connectivity index (χ4n) is 3.26. The number of carbonyl (C=O) groups excluding carboxylic acids is 1. The Balaban J connectivity index is 1.56. The number of carbonyl (C=O) groups is 1. The number of ether oxygens (including phenoxy) is 1. The van der Waals surface area contributed by atoms with E-state index in [1.807, 2.05) is 24.3 Å². The molecule has 0 saturated carbocycles. The zero-order chi connectivity index (χ0) is 20.1. The Morgan fingerprint density at radius 2 is 2.04 bits per heavy atom. The summed E-state index contributed by atoms with van der Waals surface area (Å²) < 4.78 is 5.18. The topological polar surface area (TPSA) is 89.1 Å². The number of methoxy groups -OCH3 is 1. The van der Waals surface area contributed by atoms with Crippen molar-refractivity contribution in [3.8, 4) is 5.75 Å². The number of anilines is 2. The zero-order valence-electron chi connectivity index (χ0n) is 15.5. The number of quaternary nitrogens is 1. The molecule has 2 aromatic rings. The number of hydrogen-bond donors (Lipinski definition) is 2. The number of amides is 1. The first-order valence-electron chi connectivity index (χ1n) is 8.92. The molecule has 3 rings (SSSR count). The molecule has 0 atom stereocenters. The van der Waals surface area contributed by atoms with Crippen LogP contribution < -0.4 is 19.9 Å². The lowest BCUT2D eigenvalue weighted by molar-refractivity contribution is -0.892. The molecule has 28 heavy (non-hydrogen) atoms. The number of benzene rings is 2. The monoisotopic (exact) mass is 405 g/mol. The smallest absolute Gasteiger partial charge is 0.279 e. The highest BCUT2D eigenvalue weighted by molar-refractivity contribution is 6.30. The van der Waals surface area contributed by atoms with Crippen molar-refractivity contribution in [1.29, 1.82) is 0 Å². The Labute approximate surface area is 167 Å². The number of halogens is 1. The van der Waals surface area contributed by atoms with Crippen molar-refractivity contribution in [2.75, 3.05) is 50.1 Å². The van der Waals surface area contributed by atoms with Gasteiger partial charge in [0.25, 0.3) is 11.6 Å². The molecule has 148 valence electrons. The van der Waals surface area contributed by atoms with Crippen LogP contribution in [0.2, 0.25) is 5.02 Å². The van der Waals surface area contributed by atoms with Crippen molar-refractivity contribution >= 4 is 34.6 Å². The van der Waals surface area contributed by atoms with Crippen molar-refractivity contribution in [3.05, 3.63) is 57.6 Å². The lowest BCUT2D eigenvalue weighted by Crippen LogP contribution is -3.15. The Morgan fingerprint density at radius 3 is 2.68 bits per heavy atom. The van der Waals surface area contributed by atoms with Crippen LogP contribution >= 0.6 is 11.6 Å². The van der Waals surface area contributed by atoms with E-state index in [1.165, 1.54) is 25.3 Å². The van der Waals surface area contributed by atoms with Gasteiger partial charge < -0.3 is 19.9 Å². The van der Waals surface area contributed by atoms with E-state index in [9.17, 15) is 14.9 Å². The quantitative estimate of drug-likeness (QED) is 0.563. The third kappa shape index (κ3) is 4.90. The van der Waals surface area contributed by atoms with E-state index >= 15 is 0 Å². The first kappa shape index (κ1) is 19.9. The second-order valence-electron chi connectivity index (χ2n) is 6.58. The predicted octanol–water partition coefficient (Wildman–Crippen LogP) is 1.60. The SMILES string of the molecule is COc1ccc([N+](=O)[O-])cc1NC(=O)C[NH+]1CCN(c2cccc(Cl)c2)CC1. The number of nitrogens with one attached hydrogen (secondary N) is 2. The van der Waals surface area contributed by atoms with Crippen LogP contribution in [0.1, 0.15) is 0 Å². The molecular weight excluding hydrogens is 384 g/mol. The van der Waals surface area contributed by atoms with Crippen LogP contribution in [0.5, 0.6) is 5.75 Å². The van der Waals surface area contributed by atoms with Crippen molar-refractivity contribution in [1.82, 2.24) is 0 Å². The largest absolute Gasteiger partial charge is 0.495 e. The molecule has 0 bridgehead atoms. The van der Waals surface area contributed by atoms with E-state index < -0.39 is 4.92 Å². The van der Waals surface area contributed by atoms with Gasteiger partial charge in [0, 0.05) is 22.8 Å². The van der Waals surface area contributed by atoms with Crippen LogP contribution in [0.3, 0.4) is 0 Å². The molecule has 2 aromatic carbocycles. The molecule has 0 aromatic heterocycles. The highest BCUT2D eigenvalue weighted by Crippen LogP contribution is 2.28. The van der Waals surface area contributed by atoms with E-state index in [2.05, 4.69) is 10.2 Å². The van der Waals surface area contributed by atoms with E-state index in [0.29, 0.717) is 16.5 Å². The summed E-state index contributed by atoms with van der Waals surface area (Å²) >= 11 is 6.06. The molecule has 1 amide bonds. The Bertz CT molecular complexity index is 869. The molecular formula is C19H22ClN4O4+. The van der Waals surface area contributed by atoms with Crippen LogP contribution in [0.4, 0.5) is 17.1 Å². The third-order valence-electron chi connectivity index (χ3n) is 4.72. The molecule has 9 heteroatoms. The molecule has 1 saturated heterocycles. The number of rotatable bonds is 6. The summed E-state index contributed by atoms with van der Waals surface area (Å²) in [4.78, 5) is 26.3. The van der Waals surface area contributed by atoms with E-state index in [4.69, 9.17) is 16.3 Å². The maximum atomic E-state index is 12.4. The molecule has 8 nitrogen and oxygen atoms in total. The van der Waals surface area contributed by atoms with Crippen LogP contribution in [0.15, 0.2) is 42.5 Å². The van der Waals surface area contributed by atoms with Gasteiger partial charge in [0.15, 0.2) is 6.54 Å². The maximum Gasteiger partial charge on any atom is 0.279 e. The summed E-state index contributed by atoms with van der Waals surface area (Å²) in [6.45, 7) is 3.55. The number of non-ortho nitro benzene ring substituents is 1. The predicted molar refractivity (Wildman–Crippen MR) is 108 cm³/mol. The molecule has 0 unspecified atom stereocenters. The zero-order valence-corrected chi connectivity index (χ0v) is 16.2. The van der Waals surface area contributed by atoms with Gasteiger partial charge >= 0.3 is 0 Å². The number of hydrogen-bond acceptors (Lipinski definition) is 5. The first-order valence-corrected chi connectivity index (χ1v) is 9.30. The molecule has 1 aliphatic heterocycles. The number of nitrogens with zero attached hydrogens (tertiary/aromatic N) is 2. The normalized spacial score (nSPS) is 14.6. The molecule has 1 aliphatic rings. The van der Waals surface area contributed by atoms with E-state index in [-0.39, 0.29) is 18.1 Å². The standard InChI is InChI=1S/C19H21ClN4O4/c1-28-18-6-5-16(24(26)27)12-17(18)21-19(25)13-22-7-9-23(10-8-22)15-4-2-3-14(20)11-15/h2-6,11-12H,7-10,13H2,1H3,(H,21,25)/p+1. The van der Waals surface area contributed by atoms with Crippen LogP contribution in [0.25, 0.3) is 0 Å². The van der Waals surface area contributed by atoms with Crippen molar-refractivity contribution in [2.45, 2.75) is 0 Å². The minimum absolute atomic E-state index is 0.0985. The van der Waals surface area contributed by atoms with Crippen LogP contribution in [0, 0.1) is 10.1 Å². The van der Waals surface area contributed by atoms with Gasteiger partial charge in [0.2, 0.25) is 0 Å². The lowest BCUT2D eigenvalue weighted by Gasteiger charge is -2.33. The van der Waals surface area contributed by atoms with Gasteiger partial charge in [0.1, 0.15) is 5.75 Å². The van der Waals surface area contributed by atoms with Gasteiger partial charge in [-0.3, -0.25) is 14.9 Å². The molecule has 0 spiro atoms. The van der Waals surface area contributed by atoms with Gasteiger partial charge in [-0.25, -0.2) is 0 Å². The summed E-state index contributed by atoms with van der Waals surface area (Å²) in [7, 11) is 1.46. The van der Waals surface area contributed by atoms with Gasteiger partial charge in [-0.05, 0) is 24.3 Å². The Hall–Kier alpha value is -2.84. The highest BCUT2D eigenvalue weighted by Gasteiger charge is 2.23. The minimum Gasteiger partial charge on any atom is -0.495 e. The molecule has 0 aliphatic carbocycles. The molecule has 1 fully saturated rings. The summed E-state index contributed by atoms with van der Waals surface area (Å²) in [6.07, 6.45) is 0. The maximum absolute atomic E-state index is 12.4. The van der Waals surface area contributed by atoms with Gasteiger partial charge in [-0.1, -0.05) is 17.7 Å². The minimum atomic E-state index is -0.505. The second-order valence-corrected chi connectivity index (χ2v) is 7.02. The summed E-state index contributed by atoms with van der Waals surface area (Å²) in [5.74, 6) is 0.185.